The third-order valence-electron chi connectivity index (χ3n) is 9.95. The molecule has 4 heteroatoms. The SMILES string of the molecule is CC(=O)[C@H]1CC[C@H]2[C@@H]3CCC4=CC(=O)CC(OC(=O)CC5CC5)[C@]4(C)[C@H]3CC[C@]12C. The summed E-state index contributed by atoms with van der Waals surface area (Å²) in [6.07, 6.45) is 11.0. The number of Topliss-reactive ketones (excluding diaryl/α,β-unsaturated/α-hetero) is 1. The van der Waals surface area contributed by atoms with E-state index >= 15 is 0 Å². The lowest BCUT2D eigenvalue weighted by molar-refractivity contribution is -0.167. The number of esters is 1. The van der Waals surface area contributed by atoms with E-state index in [1.54, 1.807) is 6.92 Å². The fourth-order valence-electron chi connectivity index (χ4n) is 8.18. The summed E-state index contributed by atoms with van der Waals surface area (Å²) in [6, 6.07) is 0. The van der Waals surface area contributed by atoms with E-state index in [1.165, 1.54) is 5.57 Å². The smallest absolute Gasteiger partial charge is 0.306 e. The van der Waals surface area contributed by atoms with E-state index in [0.29, 0.717) is 42.3 Å². The van der Waals surface area contributed by atoms with Crippen LogP contribution in [0.15, 0.2) is 11.6 Å². The lowest BCUT2D eigenvalue weighted by atomic mass is 9.46. The molecule has 0 bridgehead atoms. The Bertz CT molecular complexity index is 808. The minimum atomic E-state index is -0.321. The van der Waals surface area contributed by atoms with Crippen LogP contribution in [0.1, 0.15) is 85.0 Å². The summed E-state index contributed by atoms with van der Waals surface area (Å²) < 4.78 is 6.08. The molecular formula is C26H36O4. The molecule has 0 aromatic carbocycles. The molecule has 164 valence electrons. The lowest BCUT2D eigenvalue weighted by Gasteiger charge is -2.59. The van der Waals surface area contributed by atoms with E-state index in [1.807, 2.05) is 6.08 Å². The second kappa shape index (κ2) is 7.03. The van der Waals surface area contributed by atoms with Gasteiger partial charge in [0.1, 0.15) is 11.9 Å². The number of rotatable bonds is 4. The van der Waals surface area contributed by atoms with Gasteiger partial charge in [-0.05, 0) is 93.5 Å². The number of fused-ring (bicyclic) bond motifs is 5. The van der Waals surface area contributed by atoms with Gasteiger partial charge >= 0.3 is 5.97 Å². The van der Waals surface area contributed by atoms with Gasteiger partial charge in [-0.3, -0.25) is 14.4 Å². The third-order valence-corrected chi connectivity index (χ3v) is 9.95. The second-order valence-electron chi connectivity index (χ2n) is 11.4. The van der Waals surface area contributed by atoms with Gasteiger partial charge in [-0.2, -0.15) is 0 Å². The van der Waals surface area contributed by atoms with Gasteiger partial charge in [0, 0.05) is 24.2 Å². The summed E-state index contributed by atoms with van der Waals surface area (Å²) in [6.45, 7) is 6.41. The summed E-state index contributed by atoms with van der Waals surface area (Å²) in [5.41, 5.74) is 1.10. The van der Waals surface area contributed by atoms with Crippen molar-refractivity contribution in [1.29, 1.82) is 0 Å². The largest absolute Gasteiger partial charge is 0.461 e. The number of carbonyl (C=O) groups is 3. The molecule has 0 amide bonds. The maximum atomic E-state index is 12.6. The molecule has 0 N–H and O–H groups in total. The molecule has 4 fully saturated rings. The van der Waals surface area contributed by atoms with Gasteiger partial charge in [-0.15, -0.1) is 0 Å². The van der Waals surface area contributed by atoms with Crippen molar-refractivity contribution in [3.8, 4) is 0 Å². The Morgan fingerprint density at radius 3 is 2.53 bits per heavy atom. The van der Waals surface area contributed by atoms with Crippen LogP contribution >= 0.6 is 0 Å². The zero-order valence-electron chi connectivity index (χ0n) is 18.7. The normalized spacial score (nSPS) is 45.1. The topological polar surface area (TPSA) is 60.4 Å². The molecule has 7 atom stereocenters. The number of carbonyl (C=O) groups excluding carboxylic acids is 3. The Morgan fingerprint density at radius 2 is 1.83 bits per heavy atom. The van der Waals surface area contributed by atoms with Gasteiger partial charge in [0.15, 0.2) is 5.78 Å². The summed E-state index contributed by atoms with van der Waals surface area (Å²) in [5, 5.41) is 0. The van der Waals surface area contributed by atoms with Gasteiger partial charge < -0.3 is 4.74 Å². The maximum Gasteiger partial charge on any atom is 0.306 e. The van der Waals surface area contributed by atoms with Gasteiger partial charge in [-0.25, -0.2) is 0 Å². The van der Waals surface area contributed by atoms with Crippen molar-refractivity contribution >= 4 is 17.5 Å². The molecule has 0 aromatic heterocycles. The predicted molar refractivity (Wildman–Crippen MR) is 113 cm³/mol. The van der Waals surface area contributed by atoms with Crippen LogP contribution in [-0.4, -0.2) is 23.6 Å². The maximum absolute atomic E-state index is 12.6. The predicted octanol–water partition coefficient (Wildman–Crippen LogP) is 5.05. The zero-order valence-corrected chi connectivity index (χ0v) is 18.7. The van der Waals surface area contributed by atoms with E-state index in [2.05, 4.69) is 13.8 Å². The van der Waals surface area contributed by atoms with E-state index in [0.717, 1.165) is 51.4 Å². The molecule has 5 rings (SSSR count). The van der Waals surface area contributed by atoms with E-state index in [-0.39, 0.29) is 34.6 Å². The molecule has 5 aliphatic carbocycles. The van der Waals surface area contributed by atoms with Gasteiger partial charge in [-0.1, -0.05) is 19.4 Å². The van der Waals surface area contributed by atoms with Crippen LogP contribution in [0.2, 0.25) is 0 Å². The second-order valence-corrected chi connectivity index (χ2v) is 11.4. The molecule has 5 aliphatic rings. The highest BCUT2D eigenvalue weighted by atomic mass is 16.5. The zero-order chi connectivity index (χ0) is 21.3. The average molecular weight is 413 g/mol. The number of hydrogen-bond donors (Lipinski definition) is 0. The highest BCUT2D eigenvalue weighted by molar-refractivity contribution is 5.92. The van der Waals surface area contributed by atoms with Crippen molar-refractivity contribution in [2.45, 2.75) is 91.1 Å². The number of ether oxygens (including phenoxy) is 1. The molecule has 0 saturated heterocycles. The molecule has 0 heterocycles. The van der Waals surface area contributed by atoms with Crippen LogP contribution in [0.5, 0.6) is 0 Å². The Balaban J connectivity index is 1.44. The molecule has 0 radical (unpaired) electrons. The van der Waals surface area contributed by atoms with E-state index < -0.39 is 0 Å². The molecule has 0 aromatic rings. The molecule has 1 unspecified atom stereocenters. The van der Waals surface area contributed by atoms with Gasteiger partial charge in [0.2, 0.25) is 0 Å². The van der Waals surface area contributed by atoms with Gasteiger partial charge in [0.25, 0.3) is 0 Å². The number of hydrogen-bond acceptors (Lipinski definition) is 4. The summed E-state index contributed by atoms with van der Waals surface area (Å²) in [7, 11) is 0. The highest BCUT2D eigenvalue weighted by Gasteiger charge is 2.62. The van der Waals surface area contributed by atoms with Crippen molar-refractivity contribution in [1.82, 2.24) is 0 Å². The molecule has 4 nitrogen and oxygen atoms in total. The van der Waals surface area contributed by atoms with Crippen LogP contribution in [0.4, 0.5) is 0 Å². The first-order chi connectivity index (χ1) is 14.2. The summed E-state index contributed by atoms with van der Waals surface area (Å²) in [4.78, 5) is 37.5. The lowest BCUT2D eigenvalue weighted by Crippen LogP contribution is -2.56. The fraction of sp³-hybridized carbons (Fsp3) is 0.808. The van der Waals surface area contributed by atoms with Crippen LogP contribution in [0.3, 0.4) is 0 Å². The quantitative estimate of drug-likeness (QED) is 0.607. The Labute approximate surface area is 180 Å². The third kappa shape index (κ3) is 3.04. The minimum Gasteiger partial charge on any atom is -0.461 e. The average Bonchev–Trinajstić information content (AvgIpc) is 3.40. The first kappa shape index (κ1) is 20.5. The van der Waals surface area contributed by atoms with E-state index in [9.17, 15) is 14.4 Å². The Kier molecular flexibility index (Phi) is 4.79. The van der Waals surface area contributed by atoms with Crippen molar-refractivity contribution in [3.05, 3.63) is 11.6 Å². The molecule has 0 spiro atoms. The van der Waals surface area contributed by atoms with Crippen LogP contribution in [0, 0.1) is 40.4 Å². The first-order valence-corrected chi connectivity index (χ1v) is 12.2. The molecule has 30 heavy (non-hydrogen) atoms. The summed E-state index contributed by atoms with van der Waals surface area (Å²) >= 11 is 0. The Morgan fingerprint density at radius 1 is 1.07 bits per heavy atom. The first-order valence-electron chi connectivity index (χ1n) is 12.2. The van der Waals surface area contributed by atoms with Crippen molar-refractivity contribution in [2.75, 3.05) is 0 Å². The monoisotopic (exact) mass is 412 g/mol. The van der Waals surface area contributed by atoms with Crippen molar-refractivity contribution in [3.63, 3.8) is 0 Å². The fourth-order valence-corrected chi connectivity index (χ4v) is 8.18. The Hall–Kier alpha value is -1.45. The number of ketones is 2. The molecule has 0 aliphatic heterocycles. The van der Waals surface area contributed by atoms with Crippen molar-refractivity contribution < 1.29 is 19.1 Å². The molecular weight excluding hydrogens is 376 g/mol. The van der Waals surface area contributed by atoms with E-state index in [4.69, 9.17) is 4.74 Å². The van der Waals surface area contributed by atoms with Crippen molar-refractivity contribution in [2.24, 2.45) is 40.4 Å². The molecule has 4 saturated carbocycles. The minimum absolute atomic E-state index is 0.113. The van der Waals surface area contributed by atoms with Crippen LogP contribution in [0.25, 0.3) is 0 Å². The summed E-state index contributed by atoms with van der Waals surface area (Å²) in [5.74, 6) is 2.63. The van der Waals surface area contributed by atoms with Crippen LogP contribution < -0.4 is 0 Å². The van der Waals surface area contributed by atoms with Gasteiger partial charge in [0.05, 0.1) is 0 Å². The standard InChI is InChI=1S/C26H36O4/c1-15(27)20-8-9-21-19-7-6-17-13-18(28)14-23(30-24(29)12-16-4-5-16)26(17,3)22(19)10-11-25(20,21)2/h13,16,19-23H,4-12,14H2,1-3H3/t19-,20+,21-,22-,23?,25+,26-/m0/s1. The van der Waals surface area contributed by atoms with Crippen LogP contribution in [-0.2, 0) is 19.1 Å². The highest BCUT2D eigenvalue weighted by Crippen LogP contribution is 2.67.